The van der Waals surface area contributed by atoms with Crippen molar-refractivity contribution < 1.29 is 19.1 Å². The van der Waals surface area contributed by atoms with Crippen molar-refractivity contribution in [1.82, 2.24) is 15.1 Å². The number of rotatable bonds is 7. The van der Waals surface area contributed by atoms with Gasteiger partial charge in [0.1, 0.15) is 22.1 Å². The van der Waals surface area contributed by atoms with Gasteiger partial charge in [0.15, 0.2) is 6.61 Å². The summed E-state index contributed by atoms with van der Waals surface area (Å²) in [6.45, 7) is 0.690. The van der Waals surface area contributed by atoms with E-state index in [-0.39, 0.29) is 17.4 Å². The first-order valence-corrected chi connectivity index (χ1v) is 9.59. The van der Waals surface area contributed by atoms with E-state index in [2.05, 4.69) is 15.1 Å². The number of phenolic OH excluding ortho intramolecular Hbond substituents is 1. The minimum absolute atomic E-state index is 0.0468. The first-order valence-electron chi connectivity index (χ1n) is 9.22. The van der Waals surface area contributed by atoms with Crippen LogP contribution in [0.5, 0.6) is 17.4 Å². The zero-order chi connectivity index (χ0) is 19.3. The second-order valence-corrected chi connectivity index (χ2v) is 7.09. The van der Waals surface area contributed by atoms with E-state index in [9.17, 15) is 5.11 Å². The van der Waals surface area contributed by atoms with E-state index >= 15 is 0 Å². The lowest BCUT2D eigenvalue weighted by Crippen LogP contribution is -2.09. The number of nitrogens with zero attached hydrogens (tertiary/aromatic N) is 3. The monoisotopic (exact) mass is 401 g/mol. The highest BCUT2D eigenvalue weighted by Crippen LogP contribution is 2.33. The molecule has 1 aliphatic carbocycles. The summed E-state index contributed by atoms with van der Waals surface area (Å²) in [4.78, 5) is 8.67. The number of benzene rings is 1. The molecule has 146 valence electrons. The largest absolute Gasteiger partial charge is 0.506 e. The summed E-state index contributed by atoms with van der Waals surface area (Å²) in [5.74, 6) is 2.02. The van der Waals surface area contributed by atoms with Crippen LogP contribution in [0.25, 0.3) is 11.5 Å². The maximum atomic E-state index is 9.63. The van der Waals surface area contributed by atoms with Crippen LogP contribution in [-0.2, 0) is 6.61 Å². The minimum atomic E-state index is -0.0487. The normalized spacial score (nSPS) is 14.3. The molecule has 0 amide bonds. The van der Waals surface area contributed by atoms with Gasteiger partial charge in [0.05, 0.1) is 6.61 Å². The van der Waals surface area contributed by atoms with E-state index in [1.165, 1.54) is 31.7 Å². The van der Waals surface area contributed by atoms with Crippen LogP contribution in [0.4, 0.5) is 0 Å². The number of hydrogen-bond acceptors (Lipinski definition) is 7. The first kappa shape index (κ1) is 18.6. The molecule has 1 fully saturated rings. The van der Waals surface area contributed by atoms with Crippen LogP contribution in [0, 0.1) is 5.92 Å². The van der Waals surface area contributed by atoms with Crippen LogP contribution >= 0.6 is 11.6 Å². The molecule has 7 nitrogen and oxygen atoms in total. The van der Waals surface area contributed by atoms with Crippen molar-refractivity contribution in [3.8, 4) is 28.8 Å². The molecule has 0 atom stereocenters. The number of hydrogen-bond donors (Lipinski definition) is 1. The van der Waals surface area contributed by atoms with Crippen molar-refractivity contribution in [2.45, 2.75) is 32.3 Å². The number of aromatic nitrogens is 3. The molecule has 1 saturated carbocycles. The number of aromatic hydroxyl groups is 1. The predicted molar refractivity (Wildman–Crippen MR) is 102 cm³/mol. The average molecular weight is 402 g/mol. The molecule has 1 aliphatic rings. The summed E-state index contributed by atoms with van der Waals surface area (Å²) in [5.41, 5.74) is 0.648. The fourth-order valence-corrected chi connectivity index (χ4v) is 3.40. The summed E-state index contributed by atoms with van der Waals surface area (Å²) in [7, 11) is 0. The maximum Gasteiger partial charge on any atom is 0.263 e. The van der Waals surface area contributed by atoms with E-state index in [0.29, 0.717) is 41.4 Å². The Balaban J connectivity index is 1.44. The lowest BCUT2D eigenvalue weighted by molar-refractivity contribution is 0.244. The van der Waals surface area contributed by atoms with Gasteiger partial charge in [-0.1, -0.05) is 35.7 Å². The molecule has 1 aromatic carbocycles. The summed E-state index contributed by atoms with van der Waals surface area (Å²) in [6.07, 6.45) is 6.60. The van der Waals surface area contributed by atoms with Gasteiger partial charge in [-0.25, -0.2) is 4.98 Å². The second kappa shape index (κ2) is 8.48. The van der Waals surface area contributed by atoms with Crippen molar-refractivity contribution in [3.63, 3.8) is 0 Å². The Morgan fingerprint density at radius 3 is 2.86 bits per heavy atom. The molecule has 0 radical (unpaired) electrons. The van der Waals surface area contributed by atoms with Crippen molar-refractivity contribution in [2.75, 3.05) is 6.61 Å². The molecule has 2 aromatic heterocycles. The summed E-state index contributed by atoms with van der Waals surface area (Å²) in [5, 5.41) is 13.7. The molecule has 0 aliphatic heterocycles. The Morgan fingerprint density at radius 2 is 2.00 bits per heavy atom. The van der Waals surface area contributed by atoms with Gasteiger partial charge in [-0.05, 0) is 43.0 Å². The smallest absolute Gasteiger partial charge is 0.263 e. The van der Waals surface area contributed by atoms with E-state index in [1.54, 1.807) is 24.4 Å². The summed E-state index contributed by atoms with van der Waals surface area (Å²) < 4.78 is 16.9. The van der Waals surface area contributed by atoms with Gasteiger partial charge in [-0.15, -0.1) is 0 Å². The van der Waals surface area contributed by atoms with Gasteiger partial charge < -0.3 is 19.1 Å². The Labute approximate surface area is 167 Å². The molecule has 3 aromatic rings. The minimum Gasteiger partial charge on any atom is -0.506 e. The SMILES string of the molecule is Oc1cccc(OCc2noc(-c3cccnc3OCC3CCCC3)n2)c1Cl. The standard InChI is InChI=1S/C20H20ClN3O4/c21-18-15(25)8-3-9-16(18)26-12-17-23-20(28-24-17)14-7-4-10-22-19(14)27-11-13-5-1-2-6-13/h3-4,7-10,13,25H,1-2,5-6,11-12H2. The van der Waals surface area contributed by atoms with Crippen molar-refractivity contribution in [1.29, 1.82) is 0 Å². The Bertz CT molecular complexity index is 941. The molecule has 28 heavy (non-hydrogen) atoms. The van der Waals surface area contributed by atoms with Crippen LogP contribution in [-0.4, -0.2) is 26.8 Å². The molecule has 1 N–H and O–H groups in total. The predicted octanol–water partition coefficient (Wildman–Crippen LogP) is 4.64. The van der Waals surface area contributed by atoms with E-state index in [4.69, 9.17) is 25.6 Å². The topological polar surface area (TPSA) is 90.5 Å². The Hall–Kier alpha value is -2.80. The zero-order valence-electron chi connectivity index (χ0n) is 15.2. The zero-order valence-corrected chi connectivity index (χ0v) is 15.9. The molecular weight excluding hydrogens is 382 g/mol. The molecule has 8 heteroatoms. The summed E-state index contributed by atoms with van der Waals surface area (Å²) >= 11 is 6.01. The number of pyridine rings is 1. The lowest BCUT2D eigenvalue weighted by atomic mass is 10.1. The number of halogens is 1. The van der Waals surface area contributed by atoms with Gasteiger partial charge in [-0.3, -0.25) is 0 Å². The quantitative estimate of drug-likeness (QED) is 0.616. The van der Waals surface area contributed by atoms with Gasteiger partial charge in [0.25, 0.3) is 5.89 Å². The molecule has 0 spiro atoms. The Morgan fingerprint density at radius 1 is 1.14 bits per heavy atom. The van der Waals surface area contributed by atoms with Crippen LogP contribution < -0.4 is 9.47 Å². The third-order valence-corrected chi connectivity index (χ3v) is 5.08. The van der Waals surface area contributed by atoms with E-state index < -0.39 is 0 Å². The van der Waals surface area contributed by atoms with Gasteiger partial charge >= 0.3 is 0 Å². The number of phenols is 1. The molecule has 0 saturated heterocycles. The second-order valence-electron chi connectivity index (χ2n) is 6.71. The fourth-order valence-electron chi connectivity index (χ4n) is 3.22. The first-order chi connectivity index (χ1) is 13.7. The van der Waals surface area contributed by atoms with E-state index in [0.717, 1.165) is 0 Å². The fraction of sp³-hybridized carbons (Fsp3) is 0.350. The average Bonchev–Trinajstić information content (AvgIpc) is 3.40. The Kier molecular flexibility index (Phi) is 5.62. The molecule has 0 unspecified atom stereocenters. The van der Waals surface area contributed by atoms with Crippen molar-refractivity contribution in [3.05, 3.63) is 47.4 Å². The van der Waals surface area contributed by atoms with Gasteiger partial charge in [0.2, 0.25) is 11.7 Å². The van der Waals surface area contributed by atoms with Crippen molar-refractivity contribution in [2.24, 2.45) is 5.92 Å². The van der Waals surface area contributed by atoms with E-state index in [1.807, 2.05) is 6.07 Å². The lowest BCUT2D eigenvalue weighted by Gasteiger charge is -2.11. The number of ether oxygens (including phenoxy) is 2. The van der Waals surface area contributed by atoms with Gasteiger partial charge in [0, 0.05) is 6.20 Å². The highest BCUT2D eigenvalue weighted by Gasteiger charge is 2.19. The molecular formula is C20H20ClN3O4. The highest BCUT2D eigenvalue weighted by atomic mass is 35.5. The molecule has 0 bridgehead atoms. The van der Waals surface area contributed by atoms with Crippen LogP contribution in [0.3, 0.4) is 0 Å². The summed E-state index contributed by atoms with van der Waals surface area (Å²) in [6, 6.07) is 8.41. The maximum absolute atomic E-state index is 9.63. The molecule has 2 heterocycles. The van der Waals surface area contributed by atoms with Crippen molar-refractivity contribution >= 4 is 11.6 Å². The van der Waals surface area contributed by atoms with Crippen LogP contribution in [0.2, 0.25) is 5.02 Å². The van der Waals surface area contributed by atoms with Gasteiger partial charge in [-0.2, -0.15) is 4.98 Å². The third-order valence-electron chi connectivity index (χ3n) is 4.70. The molecule has 4 rings (SSSR count). The van der Waals surface area contributed by atoms with Crippen LogP contribution in [0.1, 0.15) is 31.5 Å². The van der Waals surface area contributed by atoms with Crippen LogP contribution in [0.15, 0.2) is 41.1 Å². The highest BCUT2D eigenvalue weighted by molar-refractivity contribution is 6.33. The third kappa shape index (κ3) is 4.20.